The van der Waals surface area contributed by atoms with Gasteiger partial charge in [-0.15, -0.1) is 0 Å². The van der Waals surface area contributed by atoms with Crippen LogP contribution in [0, 0.1) is 5.82 Å². The van der Waals surface area contributed by atoms with Crippen LogP contribution in [0.1, 0.15) is 31.1 Å². The van der Waals surface area contributed by atoms with Gasteiger partial charge >= 0.3 is 5.97 Å². The molecule has 0 aliphatic carbocycles. The molecule has 26 heavy (non-hydrogen) atoms. The summed E-state index contributed by atoms with van der Waals surface area (Å²) >= 11 is 0. The molecule has 1 aliphatic rings. The Hall–Kier alpha value is -2.55. The molecular weight excluding hydrogens is 346 g/mol. The number of carboxylic acids is 1. The number of rotatable bonds is 2. The minimum Gasteiger partial charge on any atom is -0.477 e. The van der Waals surface area contributed by atoms with Crippen LogP contribution < -0.4 is 16.1 Å². The lowest BCUT2D eigenvalue weighted by molar-refractivity contribution is 0.0694. The zero-order valence-corrected chi connectivity index (χ0v) is 14.7. The zero-order valence-electron chi connectivity index (χ0n) is 14.7. The van der Waals surface area contributed by atoms with Gasteiger partial charge in [0.25, 0.3) is 0 Å². The van der Waals surface area contributed by atoms with E-state index in [1.165, 1.54) is 15.7 Å². The van der Waals surface area contributed by atoms with E-state index in [-0.39, 0.29) is 29.9 Å². The van der Waals surface area contributed by atoms with Crippen molar-refractivity contribution < 1.29 is 18.7 Å². The fourth-order valence-electron chi connectivity index (χ4n) is 3.06. The maximum atomic E-state index is 14.6. The van der Waals surface area contributed by atoms with Crippen molar-refractivity contribution in [1.29, 1.82) is 0 Å². The lowest BCUT2D eigenvalue weighted by Gasteiger charge is -2.26. The molecule has 0 saturated carbocycles. The summed E-state index contributed by atoms with van der Waals surface area (Å²) < 4.78 is 29.9. The molecule has 0 aromatic carbocycles. The number of hydrogen-bond acceptors (Lipinski definition) is 5. The molecule has 9 heteroatoms. The number of aromatic nitrogens is 2. The van der Waals surface area contributed by atoms with Gasteiger partial charge in [-0.2, -0.15) is 0 Å². The number of carboxylic acid groups (broad SMARTS) is 1. The number of carbonyl (C=O) groups is 1. The lowest BCUT2D eigenvalue weighted by atomic mass is 10.1. The van der Waals surface area contributed by atoms with Gasteiger partial charge in [0.2, 0.25) is 5.43 Å². The monoisotopic (exact) mass is 366 g/mol. The number of alkyl halides is 1. The highest BCUT2D eigenvalue weighted by Gasteiger charge is 2.33. The molecule has 3 N–H and O–H groups in total. The van der Waals surface area contributed by atoms with Gasteiger partial charge in [-0.05, 0) is 26.8 Å². The third-order valence-electron chi connectivity index (χ3n) is 4.46. The highest BCUT2D eigenvalue weighted by molar-refractivity contribution is 5.92. The number of anilines is 1. The van der Waals surface area contributed by atoms with Crippen LogP contribution in [0.2, 0.25) is 0 Å². The van der Waals surface area contributed by atoms with Crippen molar-refractivity contribution in [3.63, 3.8) is 0 Å². The molecule has 0 bridgehead atoms. The molecular formula is C17H20F2N4O3. The normalized spacial score (nSPS) is 20.8. The molecule has 3 rings (SSSR count). The van der Waals surface area contributed by atoms with Crippen molar-refractivity contribution in [2.24, 2.45) is 5.73 Å². The Bertz CT molecular complexity index is 942. The van der Waals surface area contributed by atoms with E-state index in [1.54, 1.807) is 20.8 Å². The van der Waals surface area contributed by atoms with Gasteiger partial charge in [-0.25, -0.2) is 18.6 Å². The predicted molar refractivity (Wildman–Crippen MR) is 93.0 cm³/mol. The van der Waals surface area contributed by atoms with E-state index in [4.69, 9.17) is 5.73 Å². The van der Waals surface area contributed by atoms with Gasteiger partial charge in [0, 0.05) is 18.3 Å². The topological polar surface area (TPSA) is 101 Å². The number of nitrogens with zero attached hydrogens (tertiary/aromatic N) is 3. The average molecular weight is 366 g/mol. The van der Waals surface area contributed by atoms with Crippen LogP contribution in [0.25, 0.3) is 11.0 Å². The van der Waals surface area contributed by atoms with Crippen LogP contribution in [-0.2, 0) is 5.54 Å². The second-order valence-electron chi connectivity index (χ2n) is 7.47. The van der Waals surface area contributed by atoms with Crippen LogP contribution in [0.4, 0.5) is 14.6 Å². The first kappa shape index (κ1) is 18.2. The van der Waals surface area contributed by atoms with Crippen LogP contribution in [0.5, 0.6) is 0 Å². The largest absolute Gasteiger partial charge is 0.477 e. The molecule has 0 radical (unpaired) electrons. The number of aromatic carboxylic acids is 1. The number of pyridine rings is 2. The standard InChI is InChI=1S/C17H20F2N4O3/c1-17(2,3)23-5-9(16(25)26)13(24)8-4-10(18)15(21-14(8)23)22-6-11(19)12(20)7-22/h4-5,11-12H,6-7,20H2,1-3H3,(H,25,26)/t11-,12+/m0/s1. The second kappa shape index (κ2) is 6.01. The van der Waals surface area contributed by atoms with Crippen molar-refractivity contribution in [3.05, 3.63) is 33.9 Å². The first-order valence-electron chi connectivity index (χ1n) is 8.15. The molecule has 2 atom stereocenters. The fraction of sp³-hybridized carbons (Fsp3) is 0.471. The number of fused-ring (bicyclic) bond motifs is 1. The van der Waals surface area contributed by atoms with Crippen molar-refractivity contribution in [2.45, 2.75) is 38.5 Å². The summed E-state index contributed by atoms with van der Waals surface area (Å²) in [5.74, 6) is -2.32. The Kier molecular flexibility index (Phi) is 4.22. The predicted octanol–water partition coefficient (Wildman–Crippen LogP) is 1.47. The van der Waals surface area contributed by atoms with E-state index >= 15 is 0 Å². The molecule has 2 aromatic rings. The van der Waals surface area contributed by atoms with Gasteiger partial charge in [0.15, 0.2) is 11.6 Å². The molecule has 7 nitrogen and oxygen atoms in total. The van der Waals surface area contributed by atoms with Crippen LogP contribution >= 0.6 is 0 Å². The smallest absolute Gasteiger partial charge is 0.341 e. The van der Waals surface area contributed by atoms with E-state index in [2.05, 4.69) is 4.98 Å². The van der Waals surface area contributed by atoms with Crippen LogP contribution in [-0.4, -0.2) is 45.9 Å². The number of nitrogens with two attached hydrogens (primary N) is 1. The summed E-state index contributed by atoms with van der Waals surface area (Å²) in [5, 5.41) is 9.14. The fourth-order valence-corrected chi connectivity index (χ4v) is 3.06. The Morgan fingerprint density at radius 3 is 2.54 bits per heavy atom. The van der Waals surface area contributed by atoms with Crippen molar-refractivity contribution in [1.82, 2.24) is 9.55 Å². The maximum absolute atomic E-state index is 14.6. The van der Waals surface area contributed by atoms with Crippen molar-refractivity contribution in [2.75, 3.05) is 18.0 Å². The molecule has 1 saturated heterocycles. The van der Waals surface area contributed by atoms with Crippen LogP contribution in [0.3, 0.4) is 0 Å². The Morgan fingerprint density at radius 1 is 1.38 bits per heavy atom. The van der Waals surface area contributed by atoms with E-state index in [9.17, 15) is 23.5 Å². The van der Waals surface area contributed by atoms with Gasteiger partial charge < -0.3 is 20.3 Å². The molecule has 2 aromatic heterocycles. The first-order chi connectivity index (χ1) is 12.0. The molecule has 0 spiro atoms. The molecule has 0 amide bonds. The third kappa shape index (κ3) is 2.92. The first-order valence-corrected chi connectivity index (χ1v) is 8.15. The summed E-state index contributed by atoms with van der Waals surface area (Å²) in [6, 6.07) is 0.220. The van der Waals surface area contributed by atoms with E-state index in [0.29, 0.717) is 0 Å². The molecule has 140 valence electrons. The third-order valence-corrected chi connectivity index (χ3v) is 4.46. The van der Waals surface area contributed by atoms with Gasteiger partial charge in [0.05, 0.1) is 18.0 Å². The Labute approximate surface area is 148 Å². The molecule has 3 heterocycles. The minimum atomic E-state index is -1.40. The van der Waals surface area contributed by atoms with Crippen LogP contribution in [0.15, 0.2) is 17.1 Å². The second-order valence-corrected chi connectivity index (χ2v) is 7.47. The average Bonchev–Trinajstić information content (AvgIpc) is 2.85. The Morgan fingerprint density at radius 2 is 2.04 bits per heavy atom. The summed E-state index contributed by atoms with van der Waals surface area (Å²) in [6.45, 7) is 5.41. The quantitative estimate of drug-likeness (QED) is 0.835. The summed E-state index contributed by atoms with van der Waals surface area (Å²) in [5.41, 5.74) is 3.90. The maximum Gasteiger partial charge on any atom is 0.341 e. The number of hydrogen-bond donors (Lipinski definition) is 2. The van der Waals surface area contributed by atoms with E-state index in [1.807, 2.05) is 0 Å². The highest BCUT2D eigenvalue weighted by atomic mass is 19.1. The van der Waals surface area contributed by atoms with Crippen molar-refractivity contribution >= 4 is 22.8 Å². The van der Waals surface area contributed by atoms with Gasteiger partial charge in [-0.1, -0.05) is 0 Å². The van der Waals surface area contributed by atoms with Gasteiger partial charge in [0.1, 0.15) is 17.4 Å². The van der Waals surface area contributed by atoms with E-state index in [0.717, 1.165) is 6.07 Å². The highest BCUT2D eigenvalue weighted by Crippen LogP contribution is 2.27. The minimum absolute atomic E-state index is 0.0937. The number of halogens is 2. The summed E-state index contributed by atoms with van der Waals surface area (Å²) in [7, 11) is 0. The molecule has 1 fully saturated rings. The lowest BCUT2D eigenvalue weighted by Crippen LogP contribution is -2.31. The Balaban J connectivity index is 2.31. The van der Waals surface area contributed by atoms with E-state index < -0.39 is 40.5 Å². The molecule has 1 aliphatic heterocycles. The summed E-state index contributed by atoms with van der Waals surface area (Å²) in [4.78, 5) is 29.5. The summed E-state index contributed by atoms with van der Waals surface area (Å²) in [6.07, 6.45) is -0.0962. The van der Waals surface area contributed by atoms with Gasteiger partial charge in [-0.3, -0.25) is 4.79 Å². The zero-order chi connectivity index (χ0) is 19.4. The molecule has 0 unspecified atom stereocenters. The SMILES string of the molecule is CC(C)(C)n1cc(C(=O)O)c(=O)c2cc(F)c(N3C[C@@H](N)[C@@H](F)C3)nc21. The van der Waals surface area contributed by atoms with Crippen molar-refractivity contribution in [3.8, 4) is 0 Å².